The average Bonchev–Trinajstić information content (AvgIpc) is 2.26. The summed E-state index contributed by atoms with van der Waals surface area (Å²) >= 11 is 4.87. The lowest BCUT2D eigenvalue weighted by Gasteiger charge is -2.22. The van der Waals surface area contributed by atoms with Gasteiger partial charge in [-0.1, -0.05) is 12.2 Å². The van der Waals surface area contributed by atoms with Gasteiger partial charge in [-0.15, -0.1) is 0 Å². The summed E-state index contributed by atoms with van der Waals surface area (Å²) in [6.07, 6.45) is 1.49. The number of anilines is 1. The highest BCUT2D eigenvalue weighted by Gasteiger charge is 2.17. The fourth-order valence-corrected chi connectivity index (χ4v) is 1.58. The number of amides is 2. The van der Waals surface area contributed by atoms with Crippen molar-refractivity contribution >= 4 is 34.8 Å². The highest BCUT2D eigenvalue weighted by atomic mass is 32.1. The molecule has 0 saturated carbocycles. The molecule has 0 saturated heterocycles. The van der Waals surface area contributed by atoms with E-state index in [4.69, 9.17) is 29.4 Å². The third-order valence-corrected chi connectivity index (χ3v) is 2.26. The summed E-state index contributed by atoms with van der Waals surface area (Å²) in [7, 11) is 0. The third kappa shape index (κ3) is 3.67. The second-order valence-electron chi connectivity index (χ2n) is 3.53. The summed E-state index contributed by atoms with van der Waals surface area (Å²) in [5.41, 5.74) is 16.2. The van der Waals surface area contributed by atoms with Crippen LogP contribution in [0.1, 0.15) is 5.56 Å². The maximum absolute atomic E-state index is 11.0. The molecule has 0 radical (unpaired) electrons. The number of hydrogen-bond donors (Lipinski definition) is 3. The standard InChI is InChI=1S/C10H13N5O2S/c11-7(16)4-15(5-8(12)17)10-6(9(13)18)2-1-3-14-10/h1-3H,4-5H2,(H2,11,16)(H2,12,17)(H2,13,18). The first-order valence-electron chi connectivity index (χ1n) is 4.98. The molecule has 0 spiro atoms. The Balaban J connectivity index is 3.15. The van der Waals surface area contributed by atoms with Crippen molar-refractivity contribution in [2.24, 2.45) is 17.2 Å². The lowest BCUT2D eigenvalue weighted by Crippen LogP contribution is -2.41. The lowest BCUT2D eigenvalue weighted by molar-refractivity contribution is -0.117. The Morgan fingerprint density at radius 2 is 1.78 bits per heavy atom. The molecule has 0 fully saturated rings. The van der Waals surface area contributed by atoms with Crippen LogP contribution in [-0.2, 0) is 9.59 Å². The molecule has 18 heavy (non-hydrogen) atoms. The molecule has 6 N–H and O–H groups in total. The van der Waals surface area contributed by atoms with E-state index in [1.807, 2.05) is 0 Å². The molecule has 0 aromatic carbocycles. The van der Waals surface area contributed by atoms with Gasteiger partial charge in [-0.25, -0.2) is 4.98 Å². The van der Waals surface area contributed by atoms with Crippen LogP contribution in [0.3, 0.4) is 0 Å². The van der Waals surface area contributed by atoms with E-state index in [2.05, 4.69) is 4.98 Å². The largest absolute Gasteiger partial charge is 0.389 e. The minimum absolute atomic E-state index is 0.108. The molecule has 1 rings (SSSR count). The van der Waals surface area contributed by atoms with Gasteiger partial charge in [-0.05, 0) is 12.1 Å². The van der Waals surface area contributed by atoms with Gasteiger partial charge >= 0.3 is 0 Å². The number of thiocarbonyl (C=S) groups is 1. The first-order valence-corrected chi connectivity index (χ1v) is 5.39. The Kier molecular flexibility index (Phi) is 4.55. The Morgan fingerprint density at radius 1 is 1.22 bits per heavy atom. The Bertz CT molecular complexity index is 475. The zero-order valence-corrected chi connectivity index (χ0v) is 10.3. The van der Waals surface area contributed by atoms with E-state index >= 15 is 0 Å². The number of rotatable bonds is 6. The van der Waals surface area contributed by atoms with Crippen molar-refractivity contribution < 1.29 is 9.59 Å². The molecule has 2 amide bonds. The molecule has 0 aliphatic heterocycles. The molecular weight excluding hydrogens is 254 g/mol. The molecule has 0 aliphatic rings. The Hall–Kier alpha value is -2.22. The molecule has 8 heteroatoms. The topological polar surface area (TPSA) is 128 Å². The third-order valence-electron chi connectivity index (χ3n) is 2.05. The minimum atomic E-state index is -0.615. The van der Waals surface area contributed by atoms with E-state index in [0.717, 1.165) is 0 Å². The van der Waals surface area contributed by atoms with Crippen LogP contribution >= 0.6 is 12.2 Å². The second kappa shape index (κ2) is 5.92. The lowest BCUT2D eigenvalue weighted by atomic mass is 10.2. The Morgan fingerprint density at radius 3 is 2.22 bits per heavy atom. The summed E-state index contributed by atoms with van der Waals surface area (Å²) in [6.45, 7) is -0.398. The van der Waals surface area contributed by atoms with Crippen LogP contribution in [0.2, 0.25) is 0 Å². The van der Waals surface area contributed by atoms with Crippen molar-refractivity contribution in [3.63, 3.8) is 0 Å². The molecule has 1 heterocycles. The molecule has 96 valence electrons. The van der Waals surface area contributed by atoms with Gasteiger partial charge < -0.3 is 22.1 Å². The highest BCUT2D eigenvalue weighted by molar-refractivity contribution is 7.80. The van der Waals surface area contributed by atoms with E-state index in [9.17, 15) is 9.59 Å². The van der Waals surface area contributed by atoms with Crippen LogP contribution < -0.4 is 22.1 Å². The van der Waals surface area contributed by atoms with Gasteiger partial charge in [0.2, 0.25) is 11.8 Å². The summed E-state index contributed by atoms with van der Waals surface area (Å²) in [4.78, 5) is 27.5. The number of carbonyl (C=O) groups excluding carboxylic acids is 2. The maximum Gasteiger partial charge on any atom is 0.237 e. The highest BCUT2D eigenvalue weighted by Crippen LogP contribution is 2.16. The first kappa shape index (κ1) is 13.8. The number of nitrogens with two attached hydrogens (primary N) is 3. The van der Waals surface area contributed by atoms with Gasteiger partial charge in [0, 0.05) is 6.20 Å². The number of primary amides is 2. The summed E-state index contributed by atoms with van der Waals surface area (Å²) in [5, 5.41) is 0. The van der Waals surface area contributed by atoms with Crippen molar-refractivity contribution in [2.75, 3.05) is 18.0 Å². The average molecular weight is 267 g/mol. The van der Waals surface area contributed by atoms with E-state index in [-0.39, 0.29) is 18.1 Å². The number of hydrogen-bond acceptors (Lipinski definition) is 5. The molecule has 1 aromatic heterocycles. The van der Waals surface area contributed by atoms with Crippen LogP contribution in [0.25, 0.3) is 0 Å². The SMILES string of the molecule is NC(=O)CN(CC(N)=O)c1ncccc1C(N)=S. The quantitative estimate of drug-likeness (QED) is 0.538. The van der Waals surface area contributed by atoms with Gasteiger partial charge in [0.05, 0.1) is 18.7 Å². The Labute approximate surface area is 109 Å². The molecule has 0 aliphatic carbocycles. The molecule has 7 nitrogen and oxygen atoms in total. The molecule has 1 aromatic rings. The first-order chi connectivity index (χ1) is 8.41. The van der Waals surface area contributed by atoms with Gasteiger partial charge in [-0.3, -0.25) is 9.59 Å². The summed E-state index contributed by atoms with van der Waals surface area (Å²) in [6, 6.07) is 3.28. The maximum atomic E-state index is 11.0. The van der Waals surface area contributed by atoms with Crippen LogP contribution in [0.15, 0.2) is 18.3 Å². The smallest absolute Gasteiger partial charge is 0.237 e. The monoisotopic (exact) mass is 267 g/mol. The van der Waals surface area contributed by atoms with Gasteiger partial charge in [0.25, 0.3) is 0 Å². The predicted molar refractivity (Wildman–Crippen MR) is 70.7 cm³/mol. The van der Waals surface area contributed by atoms with Crippen molar-refractivity contribution in [1.29, 1.82) is 0 Å². The number of nitrogens with zero attached hydrogens (tertiary/aromatic N) is 2. The normalized spacial score (nSPS) is 9.78. The van der Waals surface area contributed by atoms with E-state index in [1.54, 1.807) is 12.1 Å². The molecule has 0 atom stereocenters. The van der Waals surface area contributed by atoms with Crippen molar-refractivity contribution in [3.8, 4) is 0 Å². The van der Waals surface area contributed by atoms with Crippen molar-refractivity contribution in [1.82, 2.24) is 4.98 Å². The van der Waals surface area contributed by atoms with E-state index < -0.39 is 11.8 Å². The van der Waals surface area contributed by atoms with E-state index in [0.29, 0.717) is 11.4 Å². The molecule has 0 unspecified atom stereocenters. The summed E-state index contributed by atoms with van der Waals surface area (Å²) < 4.78 is 0. The van der Waals surface area contributed by atoms with Crippen molar-refractivity contribution in [3.05, 3.63) is 23.9 Å². The van der Waals surface area contributed by atoms with Crippen LogP contribution in [0.5, 0.6) is 0 Å². The fourth-order valence-electron chi connectivity index (χ4n) is 1.42. The van der Waals surface area contributed by atoms with Gasteiger partial charge in [0.15, 0.2) is 0 Å². The van der Waals surface area contributed by atoms with Crippen LogP contribution in [0, 0.1) is 0 Å². The number of pyridine rings is 1. The molecule has 0 bridgehead atoms. The fraction of sp³-hybridized carbons (Fsp3) is 0.200. The van der Waals surface area contributed by atoms with Gasteiger partial charge in [-0.2, -0.15) is 0 Å². The molecular formula is C10H13N5O2S. The van der Waals surface area contributed by atoms with Crippen LogP contribution in [0.4, 0.5) is 5.82 Å². The number of carbonyl (C=O) groups is 2. The van der Waals surface area contributed by atoms with Crippen LogP contribution in [-0.4, -0.2) is 34.9 Å². The number of aromatic nitrogens is 1. The minimum Gasteiger partial charge on any atom is -0.389 e. The van der Waals surface area contributed by atoms with E-state index in [1.165, 1.54) is 11.1 Å². The summed E-state index contributed by atoms with van der Waals surface area (Å²) in [5.74, 6) is -0.922. The van der Waals surface area contributed by atoms with Gasteiger partial charge in [0.1, 0.15) is 10.8 Å². The zero-order chi connectivity index (χ0) is 13.7. The predicted octanol–water partition coefficient (Wildman–Crippen LogP) is -1.51. The second-order valence-corrected chi connectivity index (χ2v) is 3.97. The van der Waals surface area contributed by atoms with Crippen molar-refractivity contribution in [2.45, 2.75) is 0 Å². The zero-order valence-electron chi connectivity index (χ0n) is 9.50.